The molecular weight excluding hydrogens is 522 g/mol. The van der Waals surface area contributed by atoms with Crippen LogP contribution in [-0.4, -0.2) is 62.6 Å². The molecule has 2 bridgehead atoms. The van der Waals surface area contributed by atoms with Crippen LogP contribution in [0.2, 0.25) is 0 Å². The summed E-state index contributed by atoms with van der Waals surface area (Å²) in [7, 11) is 4.20. The Morgan fingerprint density at radius 3 is 2.17 bits per heavy atom. The van der Waals surface area contributed by atoms with Gasteiger partial charge in [-0.05, 0) is 106 Å². The first kappa shape index (κ1) is 27.0. The summed E-state index contributed by atoms with van der Waals surface area (Å²) in [6.07, 6.45) is 12.3. The number of hydrogen-bond acceptors (Lipinski definition) is 5. The molecule has 0 radical (unpaired) electrons. The second kappa shape index (κ2) is 10.1. The summed E-state index contributed by atoms with van der Waals surface area (Å²) in [6, 6.07) is 14.6. The van der Waals surface area contributed by atoms with Crippen LogP contribution >= 0.6 is 0 Å². The molecule has 4 heterocycles. The first-order chi connectivity index (χ1) is 20.2. The van der Waals surface area contributed by atoms with Gasteiger partial charge < -0.3 is 10.2 Å². The second-order valence-electron chi connectivity index (χ2n) is 13.0. The number of nitrogens with one attached hydrogen (secondary N) is 1. The Morgan fingerprint density at radius 2 is 1.57 bits per heavy atom. The van der Waals surface area contributed by atoms with Crippen LogP contribution in [0.15, 0.2) is 61.2 Å². The van der Waals surface area contributed by atoms with Crippen molar-refractivity contribution in [3.63, 3.8) is 0 Å². The number of fused-ring (bicyclic) bond motifs is 2. The van der Waals surface area contributed by atoms with E-state index in [2.05, 4.69) is 88.8 Å². The van der Waals surface area contributed by atoms with Gasteiger partial charge in [0.15, 0.2) is 0 Å². The quantitative estimate of drug-likeness (QED) is 0.320. The fraction of sp³-hybridized carbons (Fsp3) is 0.441. The molecule has 2 saturated heterocycles. The summed E-state index contributed by atoms with van der Waals surface area (Å²) in [4.78, 5) is 19.0. The second-order valence-corrected chi connectivity index (χ2v) is 13.0. The number of likely N-dealkylation sites (N-methyl/N-ethyl adjacent to an activating group) is 1. The molecule has 1 saturated carbocycles. The molecule has 1 amide bonds. The average Bonchev–Trinajstić information content (AvgIpc) is 3.25. The third-order valence-electron chi connectivity index (χ3n) is 9.77. The number of aromatic nitrogens is 4. The zero-order valence-electron chi connectivity index (χ0n) is 25.3. The zero-order chi connectivity index (χ0) is 29.2. The number of hydrogen-bond donors (Lipinski definition) is 1. The number of nitrogens with zero attached hydrogens (tertiary/aromatic N) is 6. The Labute approximate surface area is 248 Å². The molecule has 3 aliphatic rings. The SMILES string of the molecule is Cc1ccc(N2C[C@H]3CC[C@@H](C2)N3C)cc1C(=O)NC1(c2cc(-c3cnn(C)c3)cc(-c3cnn(C(C)C)c3)c2)CC1. The fourth-order valence-corrected chi connectivity index (χ4v) is 6.85. The number of carbonyl (C=O) groups is 1. The highest BCUT2D eigenvalue weighted by Crippen LogP contribution is 2.48. The fourth-order valence-electron chi connectivity index (χ4n) is 6.85. The number of piperazine rings is 1. The van der Waals surface area contributed by atoms with E-state index in [1.165, 1.54) is 12.8 Å². The summed E-state index contributed by atoms with van der Waals surface area (Å²) in [5, 5.41) is 12.5. The van der Waals surface area contributed by atoms with Gasteiger partial charge in [-0.15, -0.1) is 0 Å². The Morgan fingerprint density at radius 1 is 0.905 bits per heavy atom. The highest BCUT2D eigenvalue weighted by atomic mass is 16.1. The van der Waals surface area contributed by atoms with Crippen molar-refractivity contribution in [2.24, 2.45) is 7.05 Å². The van der Waals surface area contributed by atoms with Crippen molar-refractivity contribution in [1.29, 1.82) is 0 Å². The van der Waals surface area contributed by atoms with Crippen molar-refractivity contribution in [1.82, 2.24) is 29.8 Å². The zero-order valence-corrected chi connectivity index (χ0v) is 25.3. The number of anilines is 1. The van der Waals surface area contributed by atoms with Crippen molar-refractivity contribution in [3.8, 4) is 22.3 Å². The topological polar surface area (TPSA) is 71.2 Å². The van der Waals surface area contributed by atoms with Gasteiger partial charge in [0, 0.05) is 73.0 Å². The predicted octanol–water partition coefficient (Wildman–Crippen LogP) is 5.54. The van der Waals surface area contributed by atoms with Crippen LogP contribution in [0.1, 0.15) is 67.1 Å². The maximum absolute atomic E-state index is 13.9. The molecule has 2 aromatic carbocycles. The summed E-state index contributed by atoms with van der Waals surface area (Å²) in [5.74, 6) is 0.00454. The predicted molar refractivity (Wildman–Crippen MR) is 167 cm³/mol. The molecule has 1 aliphatic carbocycles. The lowest BCUT2D eigenvalue weighted by molar-refractivity contribution is 0.0930. The van der Waals surface area contributed by atoms with Gasteiger partial charge in [-0.2, -0.15) is 10.2 Å². The van der Waals surface area contributed by atoms with Gasteiger partial charge in [0.1, 0.15) is 0 Å². The van der Waals surface area contributed by atoms with Crippen LogP contribution in [0.5, 0.6) is 0 Å². The molecular formula is C34H41N7O. The summed E-state index contributed by atoms with van der Waals surface area (Å²) in [5.41, 5.74) is 8.01. The maximum atomic E-state index is 13.9. The smallest absolute Gasteiger partial charge is 0.252 e. The van der Waals surface area contributed by atoms with E-state index in [0.717, 1.165) is 70.6 Å². The summed E-state index contributed by atoms with van der Waals surface area (Å²) >= 11 is 0. The van der Waals surface area contributed by atoms with Crippen molar-refractivity contribution >= 4 is 11.6 Å². The molecule has 8 nitrogen and oxygen atoms in total. The van der Waals surface area contributed by atoms with Crippen LogP contribution < -0.4 is 10.2 Å². The molecule has 42 heavy (non-hydrogen) atoms. The highest BCUT2D eigenvalue weighted by Gasteiger charge is 2.46. The minimum Gasteiger partial charge on any atom is -0.368 e. The van der Waals surface area contributed by atoms with Gasteiger partial charge in [0.05, 0.1) is 17.9 Å². The molecule has 1 N–H and O–H groups in total. The van der Waals surface area contributed by atoms with Gasteiger partial charge in [-0.3, -0.25) is 19.1 Å². The maximum Gasteiger partial charge on any atom is 0.252 e. The molecule has 2 atom stereocenters. The van der Waals surface area contributed by atoms with Crippen LogP contribution in [0.4, 0.5) is 5.69 Å². The molecule has 2 aromatic heterocycles. The molecule has 7 rings (SSSR count). The number of aryl methyl sites for hydroxylation is 2. The molecule has 4 aromatic rings. The van der Waals surface area contributed by atoms with Gasteiger partial charge in [0.2, 0.25) is 0 Å². The van der Waals surface area contributed by atoms with E-state index < -0.39 is 0 Å². The van der Waals surface area contributed by atoms with E-state index in [9.17, 15) is 4.79 Å². The van der Waals surface area contributed by atoms with Crippen LogP contribution in [0, 0.1) is 6.92 Å². The van der Waals surface area contributed by atoms with Gasteiger partial charge in [-0.25, -0.2) is 0 Å². The minimum atomic E-state index is -0.381. The summed E-state index contributed by atoms with van der Waals surface area (Å²) < 4.78 is 3.82. The van der Waals surface area contributed by atoms with Crippen molar-refractivity contribution in [3.05, 3.63) is 77.9 Å². The number of benzene rings is 2. The van der Waals surface area contributed by atoms with E-state index in [1.54, 1.807) is 0 Å². The number of rotatable bonds is 7. The van der Waals surface area contributed by atoms with Gasteiger partial charge in [-0.1, -0.05) is 6.07 Å². The lowest BCUT2D eigenvalue weighted by Gasteiger charge is -2.40. The third-order valence-corrected chi connectivity index (χ3v) is 9.77. The monoisotopic (exact) mass is 563 g/mol. The normalized spacial score (nSPS) is 21.2. The minimum absolute atomic E-state index is 0.00454. The Hall–Kier alpha value is -3.91. The molecule has 0 unspecified atom stereocenters. The standard InChI is InChI=1S/C34H41N7O/c1-22(2)41-19-27(17-36-41)25-12-24(26-16-35-38(4)18-26)13-28(14-25)34(10-11-34)37-33(42)32-15-29(7-6-23(32)3)40-20-30-8-9-31(21-40)39(30)5/h6-7,12-19,22,30-31H,8-11,20-21H2,1-5H3,(H,37,42)/t30-,31+. The summed E-state index contributed by atoms with van der Waals surface area (Å²) in [6.45, 7) is 8.36. The number of amides is 1. The first-order valence-electron chi connectivity index (χ1n) is 15.3. The molecule has 8 heteroatoms. The van der Waals surface area contributed by atoms with E-state index >= 15 is 0 Å². The number of carbonyl (C=O) groups excluding carboxylic acids is 1. The van der Waals surface area contributed by atoms with E-state index in [0.29, 0.717) is 12.1 Å². The van der Waals surface area contributed by atoms with Crippen molar-refractivity contribution in [2.75, 3.05) is 25.0 Å². The van der Waals surface area contributed by atoms with E-state index in [1.807, 2.05) is 41.9 Å². The van der Waals surface area contributed by atoms with Gasteiger partial charge in [0.25, 0.3) is 5.91 Å². The molecule has 0 spiro atoms. The third kappa shape index (κ3) is 4.81. The lowest BCUT2D eigenvalue weighted by Crippen LogP contribution is -2.52. The van der Waals surface area contributed by atoms with Crippen molar-refractivity contribution in [2.45, 2.75) is 70.1 Å². The Bertz CT molecular complexity index is 1630. The Balaban J connectivity index is 1.20. The van der Waals surface area contributed by atoms with E-state index in [-0.39, 0.29) is 17.5 Å². The highest BCUT2D eigenvalue weighted by molar-refractivity contribution is 5.97. The lowest BCUT2D eigenvalue weighted by atomic mass is 9.94. The molecule has 2 aliphatic heterocycles. The van der Waals surface area contributed by atoms with Crippen LogP contribution in [0.3, 0.4) is 0 Å². The van der Waals surface area contributed by atoms with E-state index in [4.69, 9.17) is 0 Å². The van der Waals surface area contributed by atoms with Gasteiger partial charge >= 0.3 is 0 Å². The first-order valence-corrected chi connectivity index (χ1v) is 15.3. The van der Waals surface area contributed by atoms with Crippen LogP contribution in [0.25, 0.3) is 22.3 Å². The average molecular weight is 564 g/mol. The Kier molecular flexibility index (Phi) is 6.50. The largest absolute Gasteiger partial charge is 0.368 e. The molecule has 3 fully saturated rings. The molecule has 218 valence electrons. The van der Waals surface area contributed by atoms with Crippen LogP contribution in [-0.2, 0) is 12.6 Å². The van der Waals surface area contributed by atoms with Crippen molar-refractivity contribution < 1.29 is 4.79 Å².